The van der Waals surface area contributed by atoms with Gasteiger partial charge in [-0.3, -0.25) is 4.79 Å². The average Bonchev–Trinajstić information content (AvgIpc) is 3.00. The van der Waals surface area contributed by atoms with Crippen LogP contribution >= 0.6 is 0 Å². The molecule has 1 aromatic carbocycles. The van der Waals surface area contributed by atoms with Gasteiger partial charge in [-0.25, -0.2) is 0 Å². The van der Waals surface area contributed by atoms with Crippen LogP contribution in [0.3, 0.4) is 0 Å². The average molecular weight is 318 g/mol. The Morgan fingerprint density at radius 1 is 1.22 bits per heavy atom. The number of carbonyl (C=O) groups excluding carboxylic acids is 1. The fourth-order valence-electron chi connectivity index (χ4n) is 3.39. The van der Waals surface area contributed by atoms with E-state index in [0.29, 0.717) is 19.1 Å². The molecule has 5 heteroatoms. The Kier molecular flexibility index (Phi) is 5.65. The number of hydrogen-bond acceptors (Lipinski definition) is 5. The molecule has 1 aromatic rings. The monoisotopic (exact) mass is 318 g/mol. The van der Waals surface area contributed by atoms with Crippen molar-refractivity contribution in [2.75, 3.05) is 32.8 Å². The van der Waals surface area contributed by atoms with E-state index in [-0.39, 0.29) is 12.0 Å². The highest BCUT2D eigenvalue weighted by Gasteiger charge is 2.28. The maximum absolute atomic E-state index is 11.4. The van der Waals surface area contributed by atoms with Gasteiger partial charge in [0, 0.05) is 13.0 Å². The molecule has 2 aliphatic rings. The number of esters is 1. The van der Waals surface area contributed by atoms with Gasteiger partial charge in [0.1, 0.15) is 6.04 Å². The van der Waals surface area contributed by atoms with Crippen LogP contribution < -0.4 is 5.32 Å². The van der Waals surface area contributed by atoms with Gasteiger partial charge in [0.25, 0.3) is 0 Å². The molecule has 2 fully saturated rings. The van der Waals surface area contributed by atoms with E-state index >= 15 is 0 Å². The van der Waals surface area contributed by atoms with Crippen LogP contribution in [0.4, 0.5) is 0 Å². The lowest BCUT2D eigenvalue weighted by Gasteiger charge is -2.33. The lowest BCUT2D eigenvalue weighted by Crippen LogP contribution is -2.42. The van der Waals surface area contributed by atoms with Crippen LogP contribution in [0.2, 0.25) is 0 Å². The Bertz CT molecular complexity index is 500. The van der Waals surface area contributed by atoms with Crippen molar-refractivity contribution in [3.05, 3.63) is 35.9 Å². The van der Waals surface area contributed by atoms with Crippen molar-refractivity contribution >= 4 is 5.97 Å². The van der Waals surface area contributed by atoms with Crippen molar-refractivity contribution in [3.63, 3.8) is 0 Å². The number of benzene rings is 1. The SMILES string of the molecule is O=C1OCC[C@@H]1NCC1CCN(C[C@H](O)c2ccccc2)CC1. The number of nitrogens with one attached hydrogen (secondary N) is 1. The summed E-state index contributed by atoms with van der Waals surface area (Å²) in [5.41, 5.74) is 0.982. The minimum Gasteiger partial charge on any atom is -0.464 e. The second-order valence-corrected chi connectivity index (χ2v) is 6.59. The summed E-state index contributed by atoms with van der Waals surface area (Å²) in [6.07, 6.45) is 2.59. The van der Waals surface area contributed by atoms with E-state index in [0.717, 1.165) is 44.5 Å². The number of rotatable bonds is 6. The first-order chi connectivity index (χ1) is 11.2. The molecule has 0 bridgehead atoms. The number of β-amino-alcohol motifs (C(OH)–C–C–N with tert-alkyl or cyclic N) is 1. The summed E-state index contributed by atoms with van der Waals surface area (Å²) < 4.78 is 4.97. The van der Waals surface area contributed by atoms with E-state index in [1.54, 1.807) is 0 Å². The fraction of sp³-hybridized carbons (Fsp3) is 0.611. The van der Waals surface area contributed by atoms with Gasteiger partial charge in [-0.15, -0.1) is 0 Å². The summed E-state index contributed by atoms with van der Waals surface area (Å²) >= 11 is 0. The summed E-state index contributed by atoms with van der Waals surface area (Å²) in [7, 11) is 0. The highest BCUT2D eigenvalue weighted by molar-refractivity contribution is 5.77. The third-order valence-corrected chi connectivity index (χ3v) is 4.91. The minimum atomic E-state index is -0.417. The van der Waals surface area contributed by atoms with E-state index in [2.05, 4.69) is 10.2 Å². The highest BCUT2D eigenvalue weighted by Crippen LogP contribution is 2.20. The van der Waals surface area contributed by atoms with Crippen LogP contribution in [0.1, 0.15) is 30.9 Å². The Labute approximate surface area is 137 Å². The van der Waals surface area contributed by atoms with Gasteiger partial charge in [-0.1, -0.05) is 30.3 Å². The molecule has 126 valence electrons. The van der Waals surface area contributed by atoms with Gasteiger partial charge in [0.2, 0.25) is 0 Å². The van der Waals surface area contributed by atoms with E-state index in [1.807, 2.05) is 30.3 Å². The van der Waals surface area contributed by atoms with Crippen LogP contribution in [-0.2, 0) is 9.53 Å². The van der Waals surface area contributed by atoms with Gasteiger partial charge in [-0.05, 0) is 44.0 Å². The quantitative estimate of drug-likeness (QED) is 0.775. The Morgan fingerprint density at radius 3 is 2.61 bits per heavy atom. The van der Waals surface area contributed by atoms with Crippen molar-refractivity contribution in [2.24, 2.45) is 5.92 Å². The molecule has 2 N–H and O–H groups in total. The number of ether oxygens (including phenoxy) is 1. The maximum atomic E-state index is 11.4. The van der Waals surface area contributed by atoms with Crippen molar-refractivity contribution < 1.29 is 14.6 Å². The Balaban J connectivity index is 1.37. The second kappa shape index (κ2) is 7.90. The summed E-state index contributed by atoms with van der Waals surface area (Å²) in [4.78, 5) is 13.8. The first-order valence-corrected chi connectivity index (χ1v) is 8.58. The molecule has 2 atom stereocenters. The molecular formula is C18H26N2O3. The Morgan fingerprint density at radius 2 is 1.96 bits per heavy atom. The zero-order valence-corrected chi connectivity index (χ0v) is 13.5. The molecule has 0 spiro atoms. The minimum absolute atomic E-state index is 0.103. The standard InChI is InChI=1S/C18H26N2O3/c21-17(15-4-2-1-3-5-15)13-20-9-6-14(7-10-20)12-19-16-8-11-23-18(16)22/h1-5,14,16-17,19,21H,6-13H2/t16-,17-/m0/s1. The largest absolute Gasteiger partial charge is 0.464 e. The smallest absolute Gasteiger partial charge is 0.323 e. The second-order valence-electron chi connectivity index (χ2n) is 6.59. The van der Waals surface area contributed by atoms with E-state index in [4.69, 9.17) is 4.74 Å². The van der Waals surface area contributed by atoms with Gasteiger partial charge >= 0.3 is 5.97 Å². The Hall–Kier alpha value is -1.43. The van der Waals surface area contributed by atoms with Gasteiger partial charge in [0.15, 0.2) is 0 Å². The van der Waals surface area contributed by atoms with Crippen molar-refractivity contribution in [1.29, 1.82) is 0 Å². The molecule has 0 saturated carbocycles. The zero-order valence-electron chi connectivity index (χ0n) is 13.5. The third kappa shape index (κ3) is 4.53. The molecule has 0 unspecified atom stereocenters. The number of hydrogen-bond donors (Lipinski definition) is 2. The van der Waals surface area contributed by atoms with Crippen LogP contribution in [-0.4, -0.2) is 54.8 Å². The van der Waals surface area contributed by atoms with Gasteiger partial charge < -0.3 is 20.1 Å². The zero-order chi connectivity index (χ0) is 16.1. The molecule has 3 rings (SSSR count). The molecule has 0 amide bonds. The maximum Gasteiger partial charge on any atom is 0.323 e. The number of carbonyl (C=O) groups is 1. The fourth-order valence-corrected chi connectivity index (χ4v) is 3.39. The van der Waals surface area contributed by atoms with Crippen LogP contribution in [0.15, 0.2) is 30.3 Å². The summed E-state index contributed by atoms with van der Waals surface area (Å²) in [6, 6.07) is 9.74. The van der Waals surface area contributed by atoms with Crippen molar-refractivity contribution in [1.82, 2.24) is 10.2 Å². The van der Waals surface area contributed by atoms with Gasteiger partial charge in [-0.2, -0.15) is 0 Å². The molecule has 0 aromatic heterocycles. The molecule has 0 radical (unpaired) electrons. The van der Waals surface area contributed by atoms with Crippen molar-refractivity contribution in [2.45, 2.75) is 31.4 Å². The summed E-state index contributed by atoms with van der Waals surface area (Å²) in [5, 5.41) is 13.6. The van der Waals surface area contributed by atoms with E-state index in [9.17, 15) is 9.90 Å². The number of piperidine rings is 1. The molecule has 0 aliphatic carbocycles. The highest BCUT2D eigenvalue weighted by atomic mass is 16.5. The van der Waals surface area contributed by atoms with Crippen LogP contribution in [0, 0.1) is 5.92 Å². The molecular weight excluding hydrogens is 292 g/mol. The first-order valence-electron chi connectivity index (χ1n) is 8.58. The summed E-state index contributed by atoms with van der Waals surface area (Å²) in [5.74, 6) is 0.502. The number of aliphatic hydroxyl groups excluding tert-OH is 1. The molecule has 2 aliphatic heterocycles. The number of nitrogens with zero attached hydrogens (tertiary/aromatic N) is 1. The number of cyclic esters (lactones) is 1. The predicted molar refractivity (Wildman–Crippen MR) is 87.9 cm³/mol. The molecule has 23 heavy (non-hydrogen) atoms. The van der Waals surface area contributed by atoms with Crippen LogP contribution in [0.5, 0.6) is 0 Å². The topological polar surface area (TPSA) is 61.8 Å². The summed E-state index contributed by atoms with van der Waals surface area (Å²) in [6.45, 7) is 4.14. The van der Waals surface area contributed by atoms with E-state index < -0.39 is 6.10 Å². The van der Waals surface area contributed by atoms with E-state index in [1.165, 1.54) is 0 Å². The van der Waals surface area contributed by atoms with Crippen LogP contribution in [0.25, 0.3) is 0 Å². The predicted octanol–water partition coefficient (Wildman–Crippen LogP) is 1.34. The molecule has 2 saturated heterocycles. The van der Waals surface area contributed by atoms with Gasteiger partial charge in [0.05, 0.1) is 12.7 Å². The number of likely N-dealkylation sites (tertiary alicyclic amines) is 1. The molecule has 5 nitrogen and oxygen atoms in total. The molecule has 2 heterocycles. The first kappa shape index (κ1) is 16.4. The van der Waals surface area contributed by atoms with Crippen molar-refractivity contribution in [3.8, 4) is 0 Å². The normalized spacial score (nSPS) is 24.6. The lowest BCUT2D eigenvalue weighted by atomic mass is 9.95. The third-order valence-electron chi connectivity index (χ3n) is 4.91. The number of aliphatic hydroxyl groups is 1. The lowest BCUT2D eigenvalue weighted by molar-refractivity contribution is -0.139.